The van der Waals surface area contributed by atoms with Crippen molar-refractivity contribution in [3.63, 3.8) is 0 Å². The third-order valence-electron chi connectivity index (χ3n) is 1.24. The van der Waals surface area contributed by atoms with Gasteiger partial charge >= 0.3 is 0 Å². The molecule has 0 aliphatic heterocycles. The first-order valence-corrected chi connectivity index (χ1v) is 2.86. The van der Waals surface area contributed by atoms with Gasteiger partial charge in [-0.3, -0.25) is 0 Å². The summed E-state index contributed by atoms with van der Waals surface area (Å²) in [6.07, 6.45) is 3.55. The zero-order valence-electron chi connectivity index (χ0n) is 5.17. The first-order valence-electron chi connectivity index (χ1n) is 2.86. The molecule has 1 atom stereocenters. The molecule has 2 heteroatoms. The van der Waals surface area contributed by atoms with Crippen molar-refractivity contribution in [3.05, 3.63) is 36.7 Å². The lowest BCUT2D eigenvalue weighted by Crippen LogP contribution is -2.05. The van der Waals surface area contributed by atoms with Crippen LogP contribution in [0.1, 0.15) is 11.7 Å². The molecule has 0 aromatic carbocycles. The highest BCUT2D eigenvalue weighted by Crippen LogP contribution is 2.05. The molecule has 2 nitrogen and oxygen atoms in total. The number of nitrogens with one attached hydrogen (secondary N) is 1. The normalized spacial score (nSPS) is 13.0. The van der Waals surface area contributed by atoms with E-state index in [9.17, 15) is 0 Å². The Morgan fingerprint density at radius 3 is 3.00 bits per heavy atom. The van der Waals surface area contributed by atoms with Crippen LogP contribution in [0.5, 0.6) is 0 Å². The molecule has 0 amide bonds. The number of hydrogen-bond acceptors (Lipinski definition) is 1. The summed E-state index contributed by atoms with van der Waals surface area (Å²) in [5, 5.41) is 0. The maximum atomic E-state index is 5.59. The predicted molar refractivity (Wildman–Crippen MR) is 37.9 cm³/mol. The minimum Gasteiger partial charge on any atom is -0.363 e. The van der Waals surface area contributed by atoms with Gasteiger partial charge in [-0.2, -0.15) is 0 Å². The van der Waals surface area contributed by atoms with E-state index in [4.69, 9.17) is 5.73 Å². The molecule has 1 aromatic rings. The SMILES string of the molecule is C=C[C@@H](N)c1ccc[nH]1. The second-order valence-electron chi connectivity index (χ2n) is 1.89. The predicted octanol–water partition coefficient (Wildman–Crippen LogP) is 1.20. The summed E-state index contributed by atoms with van der Waals surface area (Å²) in [6.45, 7) is 3.57. The molecule has 0 radical (unpaired) electrons. The average Bonchev–Trinajstić information content (AvgIpc) is 2.37. The Hall–Kier alpha value is -1.02. The summed E-state index contributed by atoms with van der Waals surface area (Å²) in [5.74, 6) is 0. The van der Waals surface area contributed by atoms with Crippen LogP contribution in [0.15, 0.2) is 31.0 Å². The van der Waals surface area contributed by atoms with Crippen molar-refractivity contribution < 1.29 is 0 Å². The van der Waals surface area contributed by atoms with Gasteiger partial charge in [-0.05, 0) is 12.1 Å². The fourth-order valence-corrected chi connectivity index (χ4v) is 0.679. The van der Waals surface area contributed by atoms with Gasteiger partial charge in [0.05, 0.1) is 6.04 Å². The van der Waals surface area contributed by atoms with Crippen LogP contribution in [0.25, 0.3) is 0 Å². The molecule has 1 aromatic heterocycles. The summed E-state index contributed by atoms with van der Waals surface area (Å²) in [7, 11) is 0. The number of aromatic amines is 1. The molecule has 0 bridgehead atoms. The maximum Gasteiger partial charge on any atom is 0.0631 e. The van der Waals surface area contributed by atoms with E-state index >= 15 is 0 Å². The lowest BCUT2D eigenvalue weighted by Gasteiger charge is -1.99. The molecular weight excluding hydrogens is 112 g/mol. The molecule has 0 aliphatic rings. The van der Waals surface area contributed by atoms with Crippen LogP contribution in [0.3, 0.4) is 0 Å². The largest absolute Gasteiger partial charge is 0.363 e. The standard InChI is InChI=1S/C7H10N2/c1-2-6(8)7-4-3-5-9-7/h2-6,9H,1,8H2/t6-/m1/s1. The number of aromatic nitrogens is 1. The highest BCUT2D eigenvalue weighted by atomic mass is 14.8. The van der Waals surface area contributed by atoms with E-state index in [2.05, 4.69) is 11.6 Å². The minimum atomic E-state index is -0.0556. The second-order valence-corrected chi connectivity index (χ2v) is 1.89. The lowest BCUT2D eigenvalue weighted by molar-refractivity contribution is 0.876. The third-order valence-corrected chi connectivity index (χ3v) is 1.24. The fourth-order valence-electron chi connectivity index (χ4n) is 0.679. The Balaban J connectivity index is 2.76. The number of H-pyrrole nitrogens is 1. The van der Waals surface area contributed by atoms with Gasteiger partial charge in [0, 0.05) is 11.9 Å². The highest BCUT2D eigenvalue weighted by molar-refractivity contribution is 5.12. The molecular formula is C7H10N2. The molecule has 0 saturated heterocycles. The van der Waals surface area contributed by atoms with Crippen molar-refractivity contribution in [3.8, 4) is 0 Å². The van der Waals surface area contributed by atoms with E-state index in [1.165, 1.54) is 0 Å². The number of hydrogen-bond donors (Lipinski definition) is 2. The van der Waals surface area contributed by atoms with Crippen molar-refractivity contribution in [2.24, 2.45) is 5.73 Å². The summed E-state index contributed by atoms with van der Waals surface area (Å²) >= 11 is 0. The van der Waals surface area contributed by atoms with E-state index in [1.54, 1.807) is 6.08 Å². The van der Waals surface area contributed by atoms with Gasteiger partial charge in [0.25, 0.3) is 0 Å². The molecule has 0 unspecified atom stereocenters. The lowest BCUT2D eigenvalue weighted by atomic mass is 10.2. The van der Waals surface area contributed by atoms with Gasteiger partial charge in [0.1, 0.15) is 0 Å². The Kier molecular flexibility index (Phi) is 1.70. The van der Waals surface area contributed by atoms with Gasteiger partial charge in [0.15, 0.2) is 0 Å². The van der Waals surface area contributed by atoms with E-state index in [-0.39, 0.29) is 6.04 Å². The molecule has 3 N–H and O–H groups in total. The van der Waals surface area contributed by atoms with Crippen LogP contribution in [0, 0.1) is 0 Å². The van der Waals surface area contributed by atoms with Crippen molar-refractivity contribution in [1.29, 1.82) is 0 Å². The second kappa shape index (κ2) is 2.51. The Labute approximate surface area is 54.4 Å². The monoisotopic (exact) mass is 122 g/mol. The number of rotatable bonds is 2. The molecule has 0 saturated carbocycles. The highest BCUT2D eigenvalue weighted by Gasteiger charge is 1.97. The molecule has 48 valence electrons. The van der Waals surface area contributed by atoms with Gasteiger partial charge < -0.3 is 10.7 Å². The maximum absolute atomic E-state index is 5.59. The Morgan fingerprint density at radius 2 is 2.56 bits per heavy atom. The van der Waals surface area contributed by atoms with Crippen LogP contribution < -0.4 is 5.73 Å². The zero-order chi connectivity index (χ0) is 6.69. The van der Waals surface area contributed by atoms with E-state index in [1.807, 2.05) is 18.3 Å². The fraction of sp³-hybridized carbons (Fsp3) is 0.143. The zero-order valence-corrected chi connectivity index (χ0v) is 5.17. The summed E-state index contributed by atoms with van der Waals surface area (Å²) in [5.41, 5.74) is 6.59. The molecule has 1 rings (SSSR count). The van der Waals surface area contributed by atoms with E-state index in [0.29, 0.717) is 0 Å². The van der Waals surface area contributed by atoms with Crippen LogP contribution in [-0.2, 0) is 0 Å². The van der Waals surface area contributed by atoms with Crippen molar-refractivity contribution in [2.75, 3.05) is 0 Å². The van der Waals surface area contributed by atoms with Crippen LogP contribution in [0.2, 0.25) is 0 Å². The number of nitrogens with two attached hydrogens (primary N) is 1. The van der Waals surface area contributed by atoms with Crippen molar-refractivity contribution >= 4 is 0 Å². The van der Waals surface area contributed by atoms with Crippen LogP contribution in [0.4, 0.5) is 0 Å². The van der Waals surface area contributed by atoms with E-state index < -0.39 is 0 Å². The molecule has 9 heavy (non-hydrogen) atoms. The molecule has 1 heterocycles. The quantitative estimate of drug-likeness (QED) is 0.568. The average molecular weight is 122 g/mol. The molecule has 0 spiro atoms. The van der Waals surface area contributed by atoms with Crippen molar-refractivity contribution in [1.82, 2.24) is 4.98 Å². The summed E-state index contributed by atoms with van der Waals surface area (Å²) < 4.78 is 0. The van der Waals surface area contributed by atoms with Crippen molar-refractivity contribution in [2.45, 2.75) is 6.04 Å². The summed E-state index contributed by atoms with van der Waals surface area (Å²) in [6, 6.07) is 3.80. The minimum absolute atomic E-state index is 0.0556. The van der Waals surface area contributed by atoms with Gasteiger partial charge in [-0.1, -0.05) is 6.08 Å². The van der Waals surface area contributed by atoms with Crippen LogP contribution >= 0.6 is 0 Å². The van der Waals surface area contributed by atoms with Gasteiger partial charge in [-0.25, -0.2) is 0 Å². The molecule has 0 fully saturated rings. The first kappa shape index (κ1) is 6.11. The van der Waals surface area contributed by atoms with Gasteiger partial charge in [0.2, 0.25) is 0 Å². The topological polar surface area (TPSA) is 41.8 Å². The van der Waals surface area contributed by atoms with Crippen LogP contribution in [-0.4, -0.2) is 4.98 Å². The van der Waals surface area contributed by atoms with E-state index in [0.717, 1.165) is 5.69 Å². The Bertz CT molecular complexity index is 177. The third kappa shape index (κ3) is 1.21. The molecule has 0 aliphatic carbocycles. The smallest absolute Gasteiger partial charge is 0.0631 e. The first-order chi connectivity index (χ1) is 4.34. The Morgan fingerprint density at radius 1 is 1.78 bits per heavy atom. The summed E-state index contributed by atoms with van der Waals surface area (Å²) in [4.78, 5) is 2.99. The van der Waals surface area contributed by atoms with Gasteiger partial charge in [-0.15, -0.1) is 6.58 Å².